The molecule has 4 nitrogen and oxygen atoms in total. The largest absolute Gasteiger partial charge is 0.330 e. The van der Waals surface area contributed by atoms with Crippen LogP contribution in [0.15, 0.2) is 84.2 Å². The minimum atomic E-state index is -0.117. The molecule has 2 atom stereocenters. The van der Waals surface area contributed by atoms with Crippen LogP contribution in [0.25, 0.3) is 10.8 Å². The number of fused-ring (bicyclic) bond motifs is 2. The molecule has 0 unspecified atom stereocenters. The zero-order valence-electron chi connectivity index (χ0n) is 20.2. The molecule has 5 rings (SSSR count). The second-order valence-electron chi connectivity index (χ2n) is 9.20. The zero-order valence-corrected chi connectivity index (χ0v) is 21.0. The van der Waals surface area contributed by atoms with Crippen LogP contribution in [0.5, 0.6) is 0 Å². The molecular formula is C30H30N2O2S. The quantitative estimate of drug-likeness (QED) is 0.323. The van der Waals surface area contributed by atoms with Crippen LogP contribution in [-0.2, 0) is 11.2 Å². The Morgan fingerprint density at radius 3 is 2.51 bits per heavy atom. The number of thiophene rings is 1. The van der Waals surface area contributed by atoms with Gasteiger partial charge in [-0.3, -0.25) is 9.59 Å². The molecule has 0 bridgehead atoms. The summed E-state index contributed by atoms with van der Waals surface area (Å²) in [5.74, 6) is -0.104. The first-order valence-electron chi connectivity index (χ1n) is 12.3. The monoisotopic (exact) mass is 482 g/mol. The van der Waals surface area contributed by atoms with Crippen LogP contribution in [-0.4, -0.2) is 40.7 Å². The first-order valence-corrected chi connectivity index (χ1v) is 13.1. The van der Waals surface area contributed by atoms with Gasteiger partial charge in [0.2, 0.25) is 5.91 Å². The predicted octanol–water partition coefficient (Wildman–Crippen LogP) is 6.32. The summed E-state index contributed by atoms with van der Waals surface area (Å²) >= 11 is 1.76. The highest BCUT2D eigenvalue weighted by atomic mass is 32.1. The van der Waals surface area contributed by atoms with Crippen molar-refractivity contribution in [3.8, 4) is 0 Å². The van der Waals surface area contributed by atoms with Gasteiger partial charge in [-0.15, -0.1) is 11.3 Å². The molecule has 3 aromatic carbocycles. The van der Waals surface area contributed by atoms with Crippen molar-refractivity contribution in [1.29, 1.82) is 0 Å². The number of nitrogens with zero attached hydrogens (tertiary/aromatic N) is 2. The first-order chi connectivity index (χ1) is 17.1. The topological polar surface area (TPSA) is 40.6 Å². The Kier molecular flexibility index (Phi) is 6.69. The molecule has 0 saturated carbocycles. The lowest BCUT2D eigenvalue weighted by Crippen LogP contribution is -2.49. The van der Waals surface area contributed by atoms with E-state index in [4.69, 9.17) is 0 Å². The molecule has 35 heavy (non-hydrogen) atoms. The molecule has 0 aliphatic carbocycles. The second kappa shape index (κ2) is 10.0. The lowest BCUT2D eigenvalue weighted by atomic mass is 9.93. The second-order valence-corrected chi connectivity index (χ2v) is 10.2. The molecule has 1 aliphatic heterocycles. The van der Waals surface area contributed by atoms with Crippen molar-refractivity contribution in [3.05, 3.63) is 106 Å². The van der Waals surface area contributed by atoms with Crippen molar-refractivity contribution < 1.29 is 9.59 Å². The van der Waals surface area contributed by atoms with Gasteiger partial charge >= 0.3 is 0 Å². The van der Waals surface area contributed by atoms with Gasteiger partial charge in [-0.2, -0.15) is 0 Å². The molecule has 2 heterocycles. The van der Waals surface area contributed by atoms with Gasteiger partial charge in [0.1, 0.15) is 6.54 Å². The van der Waals surface area contributed by atoms with Gasteiger partial charge in [0.05, 0.1) is 6.04 Å². The van der Waals surface area contributed by atoms with E-state index in [2.05, 4.69) is 30.5 Å². The summed E-state index contributed by atoms with van der Waals surface area (Å²) < 4.78 is 0. The standard InChI is InChI=1S/C30H30N2O2S/c1-3-21(2)32(30(34)25-14-13-22-9-7-8-12-24(22)19-25)20-28(33)31-17-15-27-26(16-18-35-27)29(31)23-10-5-4-6-11-23/h4-14,16,18-19,21,29H,3,15,17,20H2,1-2H3/t21-,29+/m0/s1. The molecule has 0 saturated heterocycles. The average molecular weight is 483 g/mol. The molecule has 4 aromatic rings. The van der Waals surface area contributed by atoms with E-state index in [0.29, 0.717) is 12.1 Å². The Labute approximate surface area is 210 Å². The fourth-order valence-electron chi connectivity index (χ4n) is 4.95. The van der Waals surface area contributed by atoms with Crippen LogP contribution in [0.4, 0.5) is 0 Å². The molecule has 1 aromatic heterocycles. The normalized spacial score (nSPS) is 16.1. The summed E-state index contributed by atoms with van der Waals surface area (Å²) in [6.45, 7) is 4.81. The third kappa shape index (κ3) is 4.61. The van der Waals surface area contributed by atoms with Crippen molar-refractivity contribution in [1.82, 2.24) is 9.80 Å². The molecule has 0 fully saturated rings. The maximum atomic E-state index is 13.8. The highest BCUT2D eigenvalue weighted by Gasteiger charge is 2.34. The molecule has 0 radical (unpaired) electrons. The minimum absolute atomic E-state index is 0.00913. The summed E-state index contributed by atoms with van der Waals surface area (Å²) in [4.78, 5) is 32.6. The Morgan fingerprint density at radius 2 is 1.74 bits per heavy atom. The summed E-state index contributed by atoms with van der Waals surface area (Å²) in [7, 11) is 0. The van der Waals surface area contributed by atoms with Crippen molar-refractivity contribution in [3.63, 3.8) is 0 Å². The van der Waals surface area contributed by atoms with E-state index in [1.54, 1.807) is 16.2 Å². The van der Waals surface area contributed by atoms with Gasteiger partial charge < -0.3 is 9.80 Å². The van der Waals surface area contributed by atoms with E-state index in [1.807, 2.05) is 72.5 Å². The smallest absolute Gasteiger partial charge is 0.254 e. The molecular weight excluding hydrogens is 452 g/mol. The Hall–Kier alpha value is -3.44. The van der Waals surface area contributed by atoms with Crippen LogP contribution in [0.3, 0.4) is 0 Å². The average Bonchev–Trinajstić information content (AvgIpc) is 3.39. The predicted molar refractivity (Wildman–Crippen MR) is 143 cm³/mol. The summed E-state index contributed by atoms with van der Waals surface area (Å²) in [6, 6.07) is 26.0. The maximum absolute atomic E-state index is 13.8. The minimum Gasteiger partial charge on any atom is -0.330 e. The summed E-state index contributed by atoms with van der Waals surface area (Å²) in [5, 5.41) is 4.24. The van der Waals surface area contributed by atoms with Crippen molar-refractivity contribution in [2.75, 3.05) is 13.1 Å². The fourth-order valence-corrected chi connectivity index (χ4v) is 5.86. The van der Waals surface area contributed by atoms with E-state index >= 15 is 0 Å². The Morgan fingerprint density at radius 1 is 1.00 bits per heavy atom. The molecule has 2 amide bonds. The SMILES string of the molecule is CC[C@H](C)N(CC(=O)N1CCc2sccc2[C@H]1c1ccccc1)C(=O)c1ccc2ccccc2c1. The lowest BCUT2D eigenvalue weighted by Gasteiger charge is -2.38. The molecule has 1 aliphatic rings. The van der Waals surface area contributed by atoms with Gasteiger partial charge in [0.25, 0.3) is 5.91 Å². The molecule has 178 valence electrons. The van der Waals surface area contributed by atoms with Crippen molar-refractivity contribution in [2.24, 2.45) is 0 Å². The maximum Gasteiger partial charge on any atom is 0.254 e. The van der Waals surface area contributed by atoms with Gasteiger partial charge in [-0.1, -0.05) is 67.6 Å². The van der Waals surface area contributed by atoms with Crippen LogP contribution >= 0.6 is 11.3 Å². The molecule has 0 spiro atoms. The number of benzene rings is 3. The highest BCUT2D eigenvalue weighted by molar-refractivity contribution is 7.10. The number of amides is 2. The first kappa shape index (κ1) is 23.3. The summed E-state index contributed by atoms with van der Waals surface area (Å²) in [5.41, 5.74) is 2.93. The van der Waals surface area contributed by atoms with Crippen LogP contribution in [0, 0.1) is 0 Å². The van der Waals surface area contributed by atoms with Crippen LogP contribution in [0.1, 0.15) is 52.7 Å². The third-order valence-corrected chi connectivity index (χ3v) is 8.08. The van der Waals surface area contributed by atoms with E-state index in [9.17, 15) is 9.59 Å². The van der Waals surface area contributed by atoms with Crippen LogP contribution < -0.4 is 0 Å². The fraction of sp³-hybridized carbons (Fsp3) is 0.267. The van der Waals surface area contributed by atoms with E-state index in [0.717, 1.165) is 29.2 Å². The van der Waals surface area contributed by atoms with Gasteiger partial charge in [-0.25, -0.2) is 0 Å². The van der Waals surface area contributed by atoms with Gasteiger partial charge in [0.15, 0.2) is 0 Å². The van der Waals surface area contributed by atoms with Crippen LogP contribution in [0.2, 0.25) is 0 Å². The van der Waals surface area contributed by atoms with Gasteiger partial charge in [0, 0.05) is 23.0 Å². The summed E-state index contributed by atoms with van der Waals surface area (Å²) in [6.07, 6.45) is 1.63. The highest BCUT2D eigenvalue weighted by Crippen LogP contribution is 2.38. The van der Waals surface area contributed by atoms with E-state index in [-0.39, 0.29) is 30.4 Å². The Balaban J connectivity index is 1.44. The molecule has 5 heteroatoms. The number of hydrogen-bond acceptors (Lipinski definition) is 3. The number of carbonyl (C=O) groups is 2. The van der Waals surface area contributed by atoms with Gasteiger partial charge in [-0.05, 0) is 65.2 Å². The number of hydrogen-bond donors (Lipinski definition) is 0. The number of rotatable bonds is 6. The number of carbonyl (C=O) groups excluding carboxylic acids is 2. The van der Waals surface area contributed by atoms with Crippen molar-refractivity contribution >= 4 is 33.9 Å². The lowest BCUT2D eigenvalue weighted by molar-refractivity contribution is -0.134. The molecule has 0 N–H and O–H groups in total. The van der Waals surface area contributed by atoms with E-state index < -0.39 is 0 Å². The Bertz CT molecular complexity index is 1350. The zero-order chi connectivity index (χ0) is 24.4. The third-order valence-electron chi connectivity index (χ3n) is 7.09. The van der Waals surface area contributed by atoms with Crippen molar-refractivity contribution in [2.45, 2.75) is 38.8 Å². The van der Waals surface area contributed by atoms with E-state index in [1.165, 1.54) is 10.4 Å².